The summed E-state index contributed by atoms with van der Waals surface area (Å²) in [6.07, 6.45) is 0. The highest BCUT2D eigenvalue weighted by Crippen LogP contribution is 2.10. The number of halogens is 1. The number of nitrogens with zero attached hydrogens (tertiary/aromatic N) is 2. The predicted octanol–water partition coefficient (Wildman–Crippen LogP) is 2.48. The maximum atomic E-state index is 12.7. The van der Waals surface area contributed by atoms with Crippen LogP contribution in [0, 0.1) is 12.7 Å². The first kappa shape index (κ1) is 10.7. The van der Waals surface area contributed by atoms with E-state index < -0.39 is 0 Å². The molecule has 0 bridgehead atoms. The van der Waals surface area contributed by atoms with Crippen LogP contribution in [0.25, 0.3) is 0 Å². The fourth-order valence-electron chi connectivity index (χ4n) is 1.59. The molecular formula is C12H14FN3. The number of hydrogen-bond acceptors (Lipinski definition) is 2. The van der Waals surface area contributed by atoms with E-state index >= 15 is 0 Å². The molecule has 0 atom stereocenters. The van der Waals surface area contributed by atoms with E-state index in [1.165, 1.54) is 12.1 Å². The van der Waals surface area contributed by atoms with Crippen LogP contribution in [-0.4, -0.2) is 9.78 Å². The van der Waals surface area contributed by atoms with Crippen LogP contribution in [0.2, 0.25) is 0 Å². The van der Waals surface area contributed by atoms with Gasteiger partial charge in [0.25, 0.3) is 0 Å². The van der Waals surface area contributed by atoms with E-state index in [0.717, 1.165) is 17.1 Å². The van der Waals surface area contributed by atoms with Gasteiger partial charge in [-0.25, -0.2) is 4.39 Å². The number of benzene rings is 1. The molecule has 0 aliphatic carbocycles. The number of aromatic nitrogens is 2. The highest BCUT2D eigenvalue weighted by molar-refractivity contribution is 5.43. The summed E-state index contributed by atoms with van der Waals surface area (Å²) in [5, 5.41) is 7.47. The van der Waals surface area contributed by atoms with E-state index in [9.17, 15) is 4.39 Å². The molecule has 16 heavy (non-hydrogen) atoms. The van der Waals surface area contributed by atoms with Crippen LogP contribution in [0.15, 0.2) is 30.3 Å². The van der Waals surface area contributed by atoms with Gasteiger partial charge in [0.1, 0.15) is 5.82 Å². The average Bonchev–Trinajstić information content (AvgIpc) is 2.57. The van der Waals surface area contributed by atoms with Crippen molar-refractivity contribution in [2.45, 2.75) is 13.5 Å². The molecule has 2 aromatic rings. The minimum absolute atomic E-state index is 0.220. The Kier molecular flexibility index (Phi) is 2.90. The molecule has 0 saturated heterocycles. The lowest BCUT2D eigenvalue weighted by molar-refractivity contribution is 0.628. The van der Waals surface area contributed by atoms with Crippen molar-refractivity contribution in [3.8, 4) is 0 Å². The molecule has 1 aromatic carbocycles. The third kappa shape index (κ3) is 2.39. The number of anilines is 1. The first-order valence-electron chi connectivity index (χ1n) is 5.14. The normalized spacial score (nSPS) is 10.4. The Morgan fingerprint density at radius 1 is 1.31 bits per heavy atom. The monoisotopic (exact) mass is 219 g/mol. The molecule has 4 heteroatoms. The lowest BCUT2D eigenvalue weighted by Crippen LogP contribution is -2.05. The topological polar surface area (TPSA) is 29.9 Å². The second kappa shape index (κ2) is 4.35. The van der Waals surface area contributed by atoms with Gasteiger partial charge in [-0.1, -0.05) is 0 Å². The molecule has 0 aliphatic heterocycles. The van der Waals surface area contributed by atoms with Gasteiger partial charge >= 0.3 is 0 Å². The number of hydrogen-bond donors (Lipinski definition) is 1. The Morgan fingerprint density at radius 3 is 2.56 bits per heavy atom. The summed E-state index contributed by atoms with van der Waals surface area (Å²) in [6.45, 7) is 2.64. The summed E-state index contributed by atoms with van der Waals surface area (Å²) in [5.41, 5.74) is 3.00. The molecule has 0 unspecified atom stereocenters. The molecule has 3 nitrogen and oxygen atoms in total. The molecule has 0 amide bonds. The zero-order chi connectivity index (χ0) is 11.5. The number of rotatable bonds is 3. The first-order chi connectivity index (χ1) is 7.65. The molecule has 2 rings (SSSR count). The largest absolute Gasteiger partial charge is 0.379 e. The lowest BCUT2D eigenvalue weighted by Gasteiger charge is -2.06. The second-order valence-electron chi connectivity index (χ2n) is 3.76. The first-order valence-corrected chi connectivity index (χ1v) is 5.14. The molecule has 1 N–H and O–H groups in total. The molecule has 0 spiro atoms. The lowest BCUT2D eigenvalue weighted by atomic mass is 10.3. The minimum atomic E-state index is -0.220. The van der Waals surface area contributed by atoms with Crippen LogP contribution in [-0.2, 0) is 13.6 Å². The van der Waals surface area contributed by atoms with Crippen molar-refractivity contribution in [1.82, 2.24) is 9.78 Å². The summed E-state index contributed by atoms with van der Waals surface area (Å²) in [5.74, 6) is -0.220. The fraction of sp³-hybridized carbons (Fsp3) is 0.250. The van der Waals surface area contributed by atoms with Crippen LogP contribution >= 0.6 is 0 Å². The maximum absolute atomic E-state index is 12.7. The zero-order valence-electron chi connectivity index (χ0n) is 9.37. The van der Waals surface area contributed by atoms with E-state index in [-0.39, 0.29) is 5.82 Å². The van der Waals surface area contributed by atoms with E-state index in [1.54, 1.807) is 12.1 Å². The third-order valence-electron chi connectivity index (χ3n) is 2.42. The second-order valence-corrected chi connectivity index (χ2v) is 3.76. The molecule has 1 aromatic heterocycles. The maximum Gasteiger partial charge on any atom is 0.123 e. The highest BCUT2D eigenvalue weighted by Gasteiger charge is 2.01. The van der Waals surface area contributed by atoms with Gasteiger partial charge in [0.15, 0.2) is 0 Å². The van der Waals surface area contributed by atoms with Crippen LogP contribution in [0.5, 0.6) is 0 Å². The minimum Gasteiger partial charge on any atom is -0.379 e. The standard InChI is InChI=1S/C12H14FN3/c1-9-7-12(16(2)15-9)8-14-11-5-3-10(13)4-6-11/h3-7,14H,8H2,1-2H3. The van der Waals surface area contributed by atoms with Gasteiger partial charge < -0.3 is 5.32 Å². The van der Waals surface area contributed by atoms with Gasteiger partial charge in [-0.2, -0.15) is 5.10 Å². The van der Waals surface area contributed by atoms with Gasteiger partial charge in [0.2, 0.25) is 0 Å². The molecule has 1 heterocycles. The fourth-order valence-corrected chi connectivity index (χ4v) is 1.59. The van der Waals surface area contributed by atoms with E-state index in [4.69, 9.17) is 0 Å². The van der Waals surface area contributed by atoms with Crippen molar-refractivity contribution in [3.05, 3.63) is 47.5 Å². The summed E-state index contributed by atoms with van der Waals surface area (Å²) < 4.78 is 14.5. The van der Waals surface area contributed by atoms with Crippen molar-refractivity contribution in [2.75, 3.05) is 5.32 Å². The molecule has 0 radical (unpaired) electrons. The Morgan fingerprint density at radius 2 is 2.00 bits per heavy atom. The van der Waals surface area contributed by atoms with E-state index in [1.807, 2.05) is 24.7 Å². The highest BCUT2D eigenvalue weighted by atomic mass is 19.1. The van der Waals surface area contributed by atoms with Gasteiger partial charge in [-0.15, -0.1) is 0 Å². The Balaban J connectivity index is 2.02. The predicted molar refractivity (Wildman–Crippen MR) is 61.7 cm³/mol. The summed E-state index contributed by atoms with van der Waals surface area (Å²) in [6, 6.07) is 8.35. The van der Waals surface area contributed by atoms with Gasteiger partial charge in [0.05, 0.1) is 17.9 Å². The summed E-state index contributed by atoms with van der Waals surface area (Å²) in [4.78, 5) is 0. The van der Waals surface area contributed by atoms with Crippen molar-refractivity contribution >= 4 is 5.69 Å². The molecule has 0 saturated carbocycles. The Bertz CT molecular complexity index is 474. The third-order valence-corrected chi connectivity index (χ3v) is 2.42. The molecule has 0 aliphatic rings. The quantitative estimate of drug-likeness (QED) is 0.859. The average molecular weight is 219 g/mol. The van der Waals surface area contributed by atoms with Crippen molar-refractivity contribution in [1.29, 1.82) is 0 Å². The number of aryl methyl sites for hydroxylation is 2. The van der Waals surface area contributed by atoms with E-state index in [2.05, 4.69) is 10.4 Å². The Hall–Kier alpha value is -1.84. The van der Waals surface area contributed by atoms with Gasteiger partial charge in [-0.3, -0.25) is 4.68 Å². The molecule has 0 fully saturated rings. The van der Waals surface area contributed by atoms with Gasteiger partial charge in [0, 0.05) is 12.7 Å². The van der Waals surface area contributed by atoms with Crippen LogP contribution in [0.1, 0.15) is 11.4 Å². The van der Waals surface area contributed by atoms with Crippen molar-refractivity contribution in [2.24, 2.45) is 7.05 Å². The molecular weight excluding hydrogens is 205 g/mol. The molecule has 84 valence electrons. The summed E-state index contributed by atoms with van der Waals surface area (Å²) in [7, 11) is 1.91. The van der Waals surface area contributed by atoms with Crippen LogP contribution in [0.3, 0.4) is 0 Å². The van der Waals surface area contributed by atoms with Crippen molar-refractivity contribution < 1.29 is 4.39 Å². The zero-order valence-corrected chi connectivity index (χ0v) is 9.37. The van der Waals surface area contributed by atoms with Crippen molar-refractivity contribution in [3.63, 3.8) is 0 Å². The van der Waals surface area contributed by atoms with Crippen LogP contribution in [0.4, 0.5) is 10.1 Å². The number of nitrogens with one attached hydrogen (secondary N) is 1. The van der Waals surface area contributed by atoms with E-state index in [0.29, 0.717) is 6.54 Å². The SMILES string of the molecule is Cc1cc(CNc2ccc(F)cc2)n(C)n1. The van der Waals surface area contributed by atoms with Crippen LogP contribution < -0.4 is 5.32 Å². The smallest absolute Gasteiger partial charge is 0.123 e. The summed E-state index contributed by atoms with van der Waals surface area (Å²) >= 11 is 0. The Labute approximate surface area is 93.9 Å². The van der Waals surface area contributed by atoms with Gasteiger partial charge in [-0.05, 0) is 37.3 Å².